The Balaban J connectivity index is 1.57. The molecule has 1 aromatic rings. The number of pyridine rings is 1. The van der Waals surface area contributed by atoms with Gasteiger partial charge in [-0.3, -0.25) is 14.7 Å². The third-order valence-electron chi connectivity index (χ3n) is 4.28. The van der Waals surface area contributed by atoms with Gasteiger partial charge in [-0.05, 0) is 43.6 Å². The molecule has 2 fully saturated rings. The van der Waals surface area contributed by atoms with Crippen molar-refractivity contribution >= 4 is 5.91 Å². The summed E-state index contributed by atoms with van der Waals surface area (Å²) in [6.07, 6.45) is 5.49. The standard InChI is InChI=1S/C15H21N3O2/c19-11-12-4-5-16-14(8-12)15(20)18-9-13(10-18)17-6-2-1-3-7-17/h4-5,8,13,19H,1-3,6-7,9-11H2. The predicted molar refractivity (Wildman–Crippen MR) is 75.3 cm³/mol. The van der Waals surface area contributed by atoms with E-state index in [-0.39, 0.29) is 12.5 Å². The van der Waals surface area contributed by atoms with Gasteiger partial charge in [0.15, 0.2) is 0 Å². The van der Waals surface area contributed by atoms with Crippen molar-refractivity contribution in [1.82, 2.24) is 14.8 Å². The molecule has 1 N–H and O–H groups in total. The molecule has 5 heteroatoms. The van der Waals surface area contributed by atoms with E-state index in [9.17, 15) is 4.79 Å². The average molecular weight is 275 g/mol. The van der Waals surface area contributed by atoms with Crippen molar-refractivity contribution in [2.24, 2.45) is 0 Å². The van der Waals surface area contributed by atoms with Crippen molar-refractivity contribution in [3.63, 3.8) is 0 Å². The highest BCUT2D eigenvalue weighted by atomic mass is 16.3. The molecule has 1 aromatic heterocycles. The van der Waals surface area contributed by atoms with Gasteiger partial charge in [-0.25, -0.2) is 0 Å². The predicted octanol–water partition coefficient (Wildman–Crippen LogP) is 0.884. The summed E-state index contributed by atoms with van der Waals surface area (Å²) >= 11 is 0. The molecular weight excluding hydrogens is 254 g/mol. The fourth-order valence-corrected chi connectivity index (χ4v) is 2.99. The molecule has 0 bridgehead atoms. The molecule has 0 spiro atoms. The van der Waals surface area contributed by atoms with Crippen LogP contribution in [-0.2, 0) is 6.61 Å². The van der Waals surface area contributed by atoms with Crippen LogP contribution in [0.2, 0.25) is 0 Å². The lowest BCUT2D eigenvalue weighted by Gasteiger charge is -2.46. The van der Waals surface area contributed by atoms with Crippen LogP contribution in [0.1, 0.15) is 35.3 Å². The first kappa shape index (κ1) is 13.5. The molecule has 0 unspecified atom stereocenters. The third-order valence-corrected chi connectivity index (χ3v) is 4.28. The summed E-state index contributed by atoms with van der Waals surface area (Å²) in [6.45, 7) is 3.91. The van der Waals surface area contributed by atoms with Gasteiger partial charge >= 0.3 is 0 Å². The lowest BCUT2D eigenvalue weighted by Crippen LogP contribution is -2.61. The SMILES string of the molecule is O=C(c1cc(CO)ccn1)N1CC(N2CCCCC2)C1. The number of aliphatic hydroxyl groups is 1. The minimum Gasteiger partial charge on any atom is -0.392 e. The lowest BCUT2D eigenvalue weighted by atomic mass is 10.0. The Labute approximate surface area is 119 Å². The Morgan fingerprint density at radius 3 is 2.75 bits per heavy atom. The summed E-state index contributed by atoms with van der Waals surface area (Å²) in [5.74, 6) is -0.0199. The molecule has 0 aromatic carbocycles. The zero-order valence-corrected chi connectivity index (χ0v) is 11.7. The highest BCUT2D eigenvalue weighted by Crippen LogP contribution is 2.21. The van der Waals surface area contributed by atoms with Crippen LogP contribution >= 0.6 is 0 Å². The highest BCUT2D eigenvalue weighted by Gasteiger charge is 2.35. The van der Waals surface area contributed by atoms with Crippen molar-refractivity contribution in [3.8, 4) is 0 Å². The first-order chi connectivity index (χ1) is 9.78. The second kappa shape index (κ2) is 5.89. The molecule has 2 aliphatic rings. The van der Waals surface area contributed by atoms with Crippen molar-refractivity contribution in [1.29, 1.82) is 0 Å². The number of carbonyl (C=O) groups excluding carboxylic acids is 1. The van der Waals surface area contributed by atoms with Gasteiger partial charge in [0.25, 0.3) is 5.91 Å². The maximum atomic E-state index is 12.3. The Kier molecular flexibility index (Phi) is 3.98. The van der Waals surface area contributed by atoms with Gasteiger partial charge in [0.2, 0.25) is 0 Å². The summed E-state index contributed by atoms with van der Waals surface area (Å²) in [5, 5.41) is 9.11. The molecule has 2 aliphatic heterocycles. The maximum Gasteiger partial charge on any atom is 0.272 e. The van der Waals surface area contributed by atoms with Gasteiger partial charge < -0.3 is 10.0 Å². The van der Waals surface area contributed by atoms with Gasteiger partial charge in [0.1, 0.15) is 5.69 Å². The van der Waals surface area contributed by atoms with Gasteiger partial charge in [0, 0.05) is 25.3 Å². The number of aromatic nitrogens is 1. The molecule has 20 heavy (non-hydrogen) atoms. The zero-order valence-electron chi connectivity index (χ0n) is 11.7. The Morgan fingerprint density at radius 2 is 2.05 bits per heavy atom. The number of rotatable bonds is 3. The van der Waals surface area contributed by atoms with E-state index in [0.717, 1.165) is 18.7 Å². The van der Waals surface area contributed by atoms with E-state index in [0.29, 0.717) is 11.7 Å². The van der Waals surface area contributed by atoms with Gasteiger partial charge in [-0.15, -0.1) is 0 Å². The van der Waals surface area contributed by atoms with Gasteiger partial charge in [-0.2, -0.15) is 0 Å². The summed E-state index contributed by atoms with van der Waals surface area (Å²) in [5.41, 5.74) is 1.17. The molecule has 0 atom stereocenters. The summed E-state index contributed by atoms with van der Waals surface area (Å²) in [4.78, 5) is 20.8. The highest BCUT2D eigenvalue weighted by molar-refractivity contribution is 5.93. The van der Waals surface area contributed by atoms with Crippen molar-refractivity contribution < 1.29 is 9.90 Å². The average Bonchev–Trinajstić information content (AvgIpc) is 2.47. The first-order valence-electron chi connectivity index (χ1n) is 7.37. The van der Waals surface area contributed by atoms with Crippen LogP contribution in [0.25, 0.3) is 0 Å². The van der Waals surface area contributed by atoms with Crippen molar-refractivity contribution in [2.45, 2.75) is 31.9 Å². The van der Waals surface area contributed by atoms with Crippen LogP contribution in [0.3, 0.4) is 0 Å². The fourth-order valence-electron chi connectivity index (χ4n) is 2.99. The number of nitrogens with zero attached hydrogens (tertiary/aromatic N) is 3. The molecule has 0 radical (unpaired) electrons. The molecule has 0 aliphatic carbocycles. The topological polar surface area (TPSA) is 56.7 Å². The zero-order chi connectivity index (χ0) is 13.9. The summed E-state index contributed by atoms with van der Waals surface area (Å²) in [7, 11) is 0. The Bertz CT molecular complexity index is 480. The van der Waals surface area contributed by atoms with E-state index in [4.69, 9.17) is 5.11 Å². The number of amides is 1. The minimum atomic E-state index is -0.0563. The maximum absolute atomic E-state index is 12.3. The number of aliphatic hydroxyl groups excluding tert-OH is 1. The van der Waals surface area contributed by atoms with E-state index in [1.54, 1.807) is 18.3 Å². The summed E-state index contributed by atoms with van der Waals surface area (Å²) in [6, 6.07) is 3.93. The van der Waals surface area contributed by atoms with Crippen LogP contribution in [-0.4, -0.2) is 58.0 Å². The number of likely N-dealkylation sites (tertiary alicyclic amines) is 2. The van der Waals surface area contributed by atoms with Gasteiger partial charge in [-0.1, -0.05) is 6.42 Å². The second-order valence-electron chi connectivity index (χ2n) is 5.67. The minimum absolute atomic E-state index is 0.0199. The quantitative estimate of drug-likeness (QED) is 0.890. The number of piperidine rings is 1. The summed E-state index contributed by atoms with van der Waals surface area (Å²) < 4.78 is 0. The molecule has 5 nitrogen and oxygen atoms in total. The smallest absolute Gasteiger partial charge is 0.272 e. The second-order valence-corrected chi connectivity index (χ2v) is 5.67. The molecule has 2 saturated heterocycles. The molecule has 0 saturated carbocycles. The number of hydrogen-bond donors (Lipinski definition) is 1. The number of carbonyl (C=O) groups is 1. The molecular formula is C15H21N3O2. The van der Waals surface area contributed by atoms with Crippen LogP contribution in [0.4, 0.5) is 0 Å². The van der Waals surface area contributed by atoms with Gasteiger partial charge in [0.05, 0.1) is 6.61 Å². The van der Waals surface area contributed by atoms with E-state index in [1.807, 2.05) is 4.90 Å². The van der Waals surface area contributed by atoms with E-state index in [1.165, 1.54) is 32.4 Å². The fraction of sp³-hybridized carbons (Fsp3) is 0.600. The molecule has 3 heterocycles. The van der Waals surface area contributed by atoms with E-state index >= 15 is 0 Å². The van der Waals surface area contributed by atoms with Crippen LogP contribution < -0.4 is 0 Å². The van der Waals surface area contributed by atoms with Crippen LogP contribution in [0, 0.1) is 0 Å². The molecule has 1 amide bonds. The van der Waals surface area contributed by atoms with Crippen molar-refractivity contribution in [2.75, 3.05) is 26.2 Å². The van der Waals surface area contributed by atoms with Crippen LogP contribution in [0.5, 0.6) is 0 Å². The first-order valence-corrected chi connectivity index (χ1v) is 7.37. The number of hydrogen-bond acceptors (Lipinski definition) is 4. The lowest BCUT2D eigenvalue weighted by molar-refractivity contribution is 0.0199. The normalized spacial score (nSPS) is 20.8. The molecule has 3 rings (SSSR count). The molecule has 108 valence electrons. The van der Waals surface area contributed by atoms with Crippen molar-refractivity contribution in [3.05, 3.63) is 29.6 Å². The Morgan fingerprint density at radius 1 is 1.30 bits per heavy atom. The van der Waals surface area contributed by atoms with E-state index < -0.39 is 0 Å². The largest absolute Gasteiger partial charge is 0.392 e. The monoisotopic (exact) mass is 275 g/mol. The Hall–Kier alpha value is -1.46. The third kappa shape index (κ3) is 2.69. The van der Waals surface area contributed by atoms with Crippen LogP contribution in [0.15, 0.2) is 18.3 Å². The van der Waals surface area contributed by atoms with E-state index in [2.05, 4.69) is 9.88 Å².